The Morgan fingerprint density at radius 3 is 2.58 bits per heavy atom. The Labute approximate surface area is 185 Å². The fraction of sp³-hybridized carbons (Fsp3) is 0.250. The zero-order valence-electron chi connectivity index (χ0n) is 17.8. The maximum Gasteiger partial charge on any atom is 0.216 e. The topological polar surface area (TPSA) is 76.4 Å². The number of hydrogen-bond donors (Lipinski definition) is 1. The Bertz CT molecular complexity index is 1260. The minimum atomic E-state index is -0.308. The maximum absolute atomic E-state index is 13.0. The number of carbonyl (C=O) groups is 2. The van der Waals surface area contributed by atoms with Gasteiger partial charge in [0.05, 0.1) is 10.8 Å². The Kier molecular flexibility index (Phi) is 6.04. The van der Waals surface area contributed by atoms with Gasteiger partial charge in [0, 0.05) is 24.4 Å². The molecule has 0 saturated carbocycles. The fourth-order valence-corrected chi connectivity index (χ4v) is 4.56. The van der Waals surface area contributed by atoms with Crippen molar-refractivity contribution in [3.8, 4) is 0 Å². The van der Waals surface area contributed by atoms with Crippen molar-refractivity contribution in [3.63, 3.8) is 0 Å². The predicted molar refractivity (Wildman–Crippen MR) is 124 cm³/mol. The molecule has 0 bridgehead atoms. The highest BCUT2D eigenvalue weighted by atomic mass is 32.2. The van der Waals surface area contributed by atoms with Crippen LogP contribution in [0.15, 0.2) is 59.8 Å². The van der Waals surface area contributed by atoms with Crippen LogP contribution in [0.3, 0.4) is 0 Å². The van der Waals surface area contributed by atoms with E-state index in [1.807, 2.05) is 53.8 Å². The van der Waals surface area contributed by atoms with Crippen LogP contribution in [0.2, 0.25) is 0 Å². The molecule has 0 spiro atoms. The molecule has 4 rings (SSSR count). The van der Waals surface area contributed by atoms with Crippen LogP contribution in [0.1, 0.15) is 35.3 Å². The summed E-state index contributed by atoms with van der Waals surface area (Å²) in [5, 5.41) is 13.0. The van der Waals surface area contributed by atoms with Gasteiger partial charge in [0.25, 0.3) is 0 Å². The van der Waals surface area contributed by atoms with Crippen LogP contribution in [-0.4, -0.2) is 38.1 Å². The molecule has 2 aromatic heterocycles. The van der Waals surface area contributed by atoms with E-state index in [0.29, 0.717) is 17.3 Å². The van der Waals surface area contributed by atoms with E-state index in [-0.39, 0.29) is 16.9 Å². The number of hydrogen-bond acceptors (Lipinski definition) is 5. The summed E-state index contributed by atoms with van der Waals surface area (Å²) in [4.78, 5) is 24.0. The van der Waals surface area contributed by atoms with Gasteiger partial charge in [-0.3, -0.25) is 14.0 Å². The van der Waals surface area contributed by atoms with Crippen LogP contribution < -0.4 is 5.32 Å². The van der Waals surface area contributed by atoms with Gasteiger partial charge in [0.15, 0.2) is 16.6 Å². The number of ketones is 1. The summed E-state index contributed by atoms with van der Waals surface area (Å²) in [6.45, 7) is 6.05. The predicted octanol–water partition coefficient (Wildman–Crippen LogP) is 4.23. The first-order valence-corrected chi connectivity index (χ1v) is 11.1. The van der Waals surface area contributed by atoms with E-state index in [1.54, 1.807) is 0 Å². The molecule has 31 heavy (non-hydrogen) atoms. The molecular formula is C24H24N4O2S. The minimum absolute atomic E-state index is 0.0402. The van der Waals surface area contributed by atoms with Gasteiger partial charge in [-0.05, 0) is 43.5 Å². The molecule has 6 nitrogen and oxygen atoms in total. The van der Waals surface area contributed by atoms with Crippen molar-refractivity contribution >= 4 is 40.0 Å². The molecule has 1 amide bonds. The third kappa shape index (κ3) is 4.46. The van der Waals surface area contributed by atoms with Crippen molar-refractivity contribution < 1.29 is 9.59 Å². The average molecular weight is 433 g/mol. The van der Waals surface area contributed by atoms with Crippen LogP contribution in [0.25, 0.3) is 16.6 Å². The van der Waals surface area contributed by atoms with E-state index in [1.165, 1.54) is 18.7 Å². The van der Waals surface area contributed by atoms with E-state index in [4.69, 9.17) is 0 Å². The summed E-state index contributed by atoms with van der Waals surface area (Å²) in [7, 11) is 0. The summed E-state index contributed by atoms with van der Waals surface area (Å²) in [5.41, 5.74) is 4.71. The largest absolute Gasteiger partial charge is 0.356 e. The van der Waals surface area contributed by atoms with E-state index >= 15 is 0 Å². The molecule has 0 aliphatic rings. The van der Waals surface area contributed by atoms with E-state index < -0.39 is 0 Å². The zero-order chi connectivity index (χ0) is 22.0. The zero-order valence-corrected chi connectivity index (χ0v) is 18.6. The Hall–Kier alpha value is -3.19. The van der Waals surface area contributed by atoms with Gasteiger partial charge in [0.2, 0.25) is 5.91 Å². The molecule has 0 aliphatic carbocycles. The first kappa shape index (κ1) is 21.1. The van der Waals surface area contributed by atoms with Crippen molar-refractivity contribution in [3.05, 3.63) is 71.3 Å². The van der Waals surface area contributed by atoms with Gasteiger partial charge >= 0.3 is 0 Å². The number of nitrogens with zero attached hydrogens (tertiary/aromatic N) is 3. The van der Waals surface area contributed by atoms with E-state index in [9.17, 15) is 9.59 Å². The number of Topliss-reactive ketones (excluding diaryl/α,β-unsaturated/α-hetero) is 1. The van der Waals surface area contributed by atoms with Crippen LogP contribution in [0.4, 0.5) is 0 Å². The second-order valence-corrected chi connectivity index (χ2v) is 8.88. The van der Waals surface area contributed by atoms with Crippen LogP contribution >= 0.6 is 11.8 Å². The van der Waals surface area contributed by atoms with Gasteiger partial charge in [-0.25, -0.2) is 0 Å². The van der Waals surface area contributed by atoms with Gasteiger partial charge in [-0.15, -0.1) is 10.2 Å². The lowest BCUT2D eigenvalue weighted by Gasteiger charge is -2.11. The van der Waals surface area contributed by atoms with Crippen LogP contribution in [-0.2, 0) is 11.2 Å². The number of benzene rings is 2. The molecule has 0 aliphatic heterocycles. The number of para-hydroxylation sites is 1. The highest BCUT2D eigenvalue weighted by molar-refractivity contribution is 8.00. The first-order valence-electron chi connectivity index (χ1n) is 10.2. The highest BCUT2D eigenvalue weighted by Gasteiger charge is 2.20. The smallest absolute Gasteiger partial charge is 0.216 e. The number of fused-ring (bicyclic) bond motifs is 3. The molecule has 0 fully saturated rings. The lowest BCUT2D eigenvalue weighted by molar-refractivity contribution is -0.118. The average Bonchev–Trinajstić information content (AvgIpc) is 3.16. The first-order chi connectivity index (χ1) is 14.9. The Morgan fingerprint density at radius 1 is 1.10 bits per heavy atom. The fourth-order valence-electron chi connectivity index (χ4n) is 3.62. The number of rotatable bonds is 7. The summed E-state index contributed by atoms with van der Waals surface area (Å²) in [5.74, 6) is 0.00756. The summed E-state index contributed by atoms with van der Waals surface area (Å²) < 4.78 is 2.02. The van der Waals surface area contributed by atoms with Crippen molar-refractivity contribution in [2.45, 2.75) is 37.6 Å². The van der Waals surface area contributed by atoms with Gasteiger partial charge in [-0.1, -0.05) is 54.2 Å². The lowest BCUT2D eigenvalue weighted by atomic mass is 10.0. The second kappa shape index (κ2) is 8.89. The molecule has 2 heterocycles. The third-order valence-corrected chi connectivity index (χ3v) is 6.29. The number of amides is 1. The molecular weight excluding hydrogens is 408 g/mol. The van der Waals surface area contributed by atoms with Crippen molar-refractivity contribution in [1.82, 2.24) is 19.9 Å². The number of pyridine rings is 1. The summed E-state index contributed by atoms with van der Waals surface area (Å²) in [6.07, 6.45) is 0.733. The number of aromatic nitrogens is 3. The minimum Gasteiger partial charge on any atom is -0.356 e. The number of aryl methyl sites for hydroxylation is 1. The molecule has 158 valence electrons. The van der Waals surface area contributed by atoms with E-state index in [0.717, 1.165) is 34.1 Å². The lowest BCUT2D eigenvalue weighted by Crippen LogP contribution is -2.22. The second-order valence-electron chi connectivity index (χ2n) is 7.57. The molecule has 1 atom stereocenters. The van der Waals surface area contributed by atoms with Gasteiger partial charge < -0.3 is 5.32 Å². The normalized spacial score (nSPS) is 12.2. The highest BCUT2D eigenvalue weighted by Crippen LogP contribution is 2.29. The van der Waals surface area contributed by atoms with Gasteiger partial charge in [0.1, 0.15) is 0 Å². The standard InChI is InChI=1S/C24H24N4O2S/c1-15-14-22-26-27-24(28(22)21-7-5-4-6-20(15)21)31-16(2)23(30)19-10-8-18(9-11-19)12-13-25-17(3)29/h4-11,14,16H,12-13H2,1-3H3,(H,25,29). The molecule has 7 heteroatoms. The number of thioether (sulfide) groups is 1. The maximum atomic E-state index is 13.0. The summed E-state index contributed by atoms with van der Waals surface area (Å²) >= 11 is 1.42. The quantitative estimate of drug-likeness (QED) is 0.349. The summed E-state index contributed by atoms with van der Waals surface area (Å²) in [6, 6.07) is 17.7. The van der Waals surface area contributed by atoms with Crippen molar-refractivity contribution in [1.29, 1.82) is 0 Å². The SMILES string of the molecule is CC(=O)NCCc1ccc(C(=O)C(C)Sc2nnc3cc(C)c4ccccc4n23)cc1. The van der Waals surface area contributed by atoms with Gasteiger partial charge in [-0.2, -0.15) is 0 Å². The van der Waals surface area contributed by atoms with Crippen LogP contribution in [0.5, 0.6) is 0 Å². The Morgan fingerprint density at radius 2 is 1.84 bits per heavy atom. The Balaban J connectivity index is 1.52. The molecule has 1 N–H and O–H groups in total. The van der Waals surface area contributed by atoms with E-state index in [2.05, 4.69) is 34.6 Å². The molecule has 1 unspecified atom stereocenters. The molecule has 4 aromatic rings. The van der Waals surface area contributed by atoms with Crippen molar-refractivity contribution in [2.75, 3.05) is 6.54 Å². The number of nitrogens with one attached hydrogen (secondary N) is 1. The molecule has 0 saturated heterocycles. The molecule has 0 radical (unpaired) electrons. The van der Waals surface area contributed by atoms with Crippen molar-refractivity contribution in [2.24, 2.45) is 0 Å². The third-order valence-electron chi connectivity index (χ3n) is 5.25. The monoisotopic (exact) mass is 432 g/mol. The van der Waals surface area contributed by atoms with Crippen LogP contribution in [0, 0.1) is 6.92 Å². The molecule has 2 aromatic carbocycles. The number of carbonyl (C=O) groups excluding carboxylic acids is 2.